The summed E-state index contributed by atoms with van der Waals surface area (Å²) in [6, 6.07) is 12.8. The van der Waals surface area contributed by atoms with Gasteiger partial charge in [-0.25, -0.2) is 0 Å². The van der Waals surface area contributed by atoms with E-state index in [1.165, 1.54) is 0 Å². The molecule has 0 saturated heterocycles. The van der Waals surface area contributed by atoms with Gasteiger partial charge in [-0.1, -0.05) is 19.1 Å². The smallest absolute Gasteiger partial charge is 0.127 e. The summed E-state index contributed by atoms with van der Waals surface area (Å²) in [5.74, 6) is 2.99. The fourth-order valence-electron chi connectivity index (χ4n) is 4.16. The van der Waals surface area contributed by atoms with Crippen LogP contribution in [0.5, 0.6) is 17.2 Å². The summed E-state index contributed by atoms with van der Waals surface area (Å²) in [5.41, 5.74) is 2.25. The number of fused-ring (bicyclic) bond motifs is 3. The molecule has 0 amide bonds. The first kappa shape index (κ1) is 13.5. The summed E-state index contributed by atoms with van der Waals surface area (Å²) >= 11 is 0. The second-order valence-corrected chi connectivity index (χ2v) is 6.70. The van der Waals surface area contributed by atoms with E-state index in [9.17, 15) is 10.2 Å². The largest absolute Gasteiger partial charge is 0.508 e. The summed E-state index contributed by atoms with van der Waals surface area (Å²) in [6.45, 7) is 2.29. The van der Waals surface area contributed by atoms with Gasteiger partial charge in [-0.05, 0) is 60.6 Å². The molecule has 2 aromatic carbocycles. The van der Waals surface area contributed by atoms with Crippen LogP contribution >= 0.6 is 0 Å². The lowest BCUT2D eigenvalue weighted by molar-refractivity contribution is 0.103. The fraction of sp³-hybridized carbons (Fsp3) is 0.368. The third-order valence-electron chi connectivity index (χ3n) is 5.10. The van der Waals surface area contributed by atoms with E-state index in [1.54, 1.807) is 18.2 Å². The van der Waals surface area contributed by atoms with Crippen LogP contribution in [-0.2, 0) is 0 Å². The van der Waals surface area contributed by atoms with Gasteiger partial charge in [0.05, 0.1) is 0 Å². The number of hydrogen-bond acceptors (Lipinski definition) is 3. The van der Waals surface area contributed by atoms with Crippen LogP contribution in [-0.4, -0.2) is 10.2 Å². The molecule has 0 aromatic heterocycles. The highest BCUT2D eigenvalue weighted by Crippen LogP contribution is 2.55. The van der Waals surface area contributed by atoms with Gasteiger partial charge < -0.3 is 14.9 Å². The van der Waals surface area contributed by atoms with Crippen molar-refractivity contribution in [3.63, 3.8) is 0 Å². The van der Waals surface area contributed by atoms with Crippen molar-refractivity contribution in [2.75, 3.05) is 0 Å². The molecule has 3 nitrogen and oxygen atoms in total. The molecule has 0 spiro atoms. The van der Waals surface area contributed by atoms with Gasteiger partial charge >= 0.3 is 0 Å². The number of phenols is 2. The molecular formula is C19H20O3. The second kappa shape index (κ2) is 4.94. The molecule has 0 radical (unpaired) electrons. The van der Waals surface area contributed by atoms with Crippen molar-refractivity contribution < 1.29 is 14.9 Å². The van der Waals surface area contributed by atoms with Crippen molar-refractivity contribution in [3.05, 3.63) is 53.6 Å². The Balaban J connectivity index is 1.78. The third kappa shape index (κ3) is 2.12. The van der Waals surface area contributed by atoms with Gasteiger partial charge in [-0.2, -0.15) is 0 Å². The van der Waals surface area contributed by atoms with E-state index < -0.39 is 0 Å². The first-order valence-corrected chi connectivity index (χ1v) is 7.90. The minimum Gasteiger partial charge on any atom is -0.508 e. The van der Waals surface area contributed by atoms with Crippen LogP contribution in [0.4, 0.5) is 0 Å². The van der Waals surface area contributed by atoms with E-state index in [1.807, 2.05) is 24.3 Å². The molecule has 1 aliphatic carbocycles. The standard InChI is InChI=1S/C19H20O3/c1-11-8-15-16-10-14(21)6-7-18(16)22-19(17(15)9-11)12-2-4-13(20)5-3-12/h2-7,10-11,15,17,19-21H,8-9H2,1H3/t11?,15-,17?,19?/m0/s1. The van der Waals surface area contributed by atoms with Crippen LogP contribution in [0.2, 0.25) is 0 Å². The Morgan fingerprint density at radius 1 is 0.955 bits per heavy atom. The molecule has 22 heavy (non-hydrogen) atoms. The lowest BCUT2D eigenvalue weighted by Gasteiger charge is -2.36. The molecule has 3 heteroatoms. The monoisotopic (exact) mass is 296 g/mol. The molecule has 2 aromatic rings. The fourth-order valence-corrected chi connectivity index (χ4v) is 4.16. The Labute approximate surface area is 130 Å². The van der Waals surface area contributed by atoms with E-state index >= 15 is 0 Å². The van der Waals surface area contributed by atoms with Crippen molar-refractivity contribution in [3.8, 4) is 17.2 Å². The molecule has 1 heterocycles. The van der Waals surface area contributed by atoms with E-state index in [4.69, 9.17) is 4.74 Å². The molecule has 0 bridgehead atoms. The highest BCUT2D eigenvalue weighted by molar-refractivity contribution is 5.45. The molecule has 1 fully saturated rings. The summed E-state index contributed by atoms with van der Waals surface area (Å²) in [6.07, 6.45) is 2.29. The predicted octanol–water partition coefficient (Wildman–Crippen LogP) is 4.36. The molecule has 2 aliphatic rings. The third-order valence-corrected chi connectivity index (χ3v) is 5.10. The van der Waals surface area contributed by atoms with Crippen molar-refractivity contribution in [2.45, 2.75) is 31.8 Å². The lowest BCUT2D eigenvalue weighted by Crippen LogP contribution is -2.26. The number of aromatic hydroxyl groups is 2. The summed E-state index contributed by atoms with van der Waals surface area (Å²) in [4.78, 5) is 0. The Morgan fingerprint density at radius 2 is 1.68 bits per heavy atom. The van der Waals surface area contributed by atoms with Gasteiger partial charge in [0.1, 0.15) is 23.4 Å². The predicted molar refractivity (Wildman–Crippen MR) is 84.2 cm³/mol. The quantitative estimate of drug-likeness (QED) is 0.822. The highest BCUT2D eigenvalue weighted by Gasteiger charge is 2.44. The normalized spacial score (nSPS) is 29.5. The minimum atomic E-state index is 0.0209. The zero-order valence-corrected chi connectivity index (χ0v) is 12.6. The SMILES string of the molecule is CC1CC2C(c3ccc(O)cc3)Oc3ccc(O)cc3[C@@H]2C1. The molecule has 1 aliphatic heterocycles. The van der Waals surface area contributed by atoms with E-state index in [0.717, 1.165) is 29.7 Å². The van der Waals surface area contributed by atoms with E-state index in [-0.39, 0.29) is 11.9 Å². The topological polar surface area (TPSA) is 49.7 Å². The molecule has 3 unspecified atom stereocenters. The first-order valence-electron chi connectivity index (χ1n) is 7.90. The summed E-state index contributed by atoms with van der Waals surface area (Å²) in [7, 11) is 0. The maximum Gasteiger partial charge on any atom is 0.127 e. The van der Waals surface area contributed by atoms with Gasteiger partial charge in [0.15, 0.2) is 0 Å². The average Bonchev–Trinajstić information content (AvgIpc) is 2.89. The summed E-state index contributed by atoms with van der Waals surface area (Å²) < 4.78 is 6.28. The Bertz CT molecular complexity index is 692. The van der Waals surface area contributed by atoms with Crippen LogP contribution in [0.15, 0.2) is 42.5 Å². The van der Waals surface area contributed by atoms with Crippen molar-refractivity contribution in [1.29, 1.82) is 0 Å². The molecule has 114 valence electrons. The lowest BCUT2D eigenvalue weighted by atomic mass is 9.80. The molecular weight excluding hydrogens is 276 g/mol. The van der Waals surface area contributed by atoms with Gasteiger partial charge in [0, 0.05) is 11.5 Å². The van der Waals surface area contributed by atoms with Crippen LogP contribution < -0.4 is 4.74 Å². The van der Waals surface area contributed by atoms with Crippen LogP contribution in [0, 0.1) is 11.8 Å². The number of rotatable bonds is 1. The van der Waals surface area contributed by atoms with Gasteiger partial charge in [0.25, 0.3) is 0 Å². The highest BCUT2D eigenvalue weighted by atomic mass is 16.5. The minimum absolute atomic E-state index is 0.0209. The maximum absolute atomic E-state index is 9.80. The van der Waals surface area contributed by atoms with Crippen molar-refractivity contribution in [1.82, 2.24) is 0 Å². The van der Waals surface area contributed by atoms with E-state index in [2.05, 4.69) is 6.92 Å². The van der Waals surface area contributed by atoms with Gasteiger partial charge in [0.2, 0.25) is 0 Å². The molecule has 1 saturated carbocycles. The number of phenolic OH excluding ortho intramolecular Hbond substituents is 2. The average molecular weight is 296 g/mol. The summed E-state index contributed by atoms with van der Waals surface area (Å²) in [5, 5.41) is 19.3. The van der Waals surface area contributed by atoms with Crippen molar-refractivity contribution >= 4 is 0 Å². The number of benzene rings is 2. The van der Waals surface area contributed by atoms with Gasteiger partial charge in [-0.3, -0.25) is 0 Å². The zero-order valence-electron chi connectivity index (χ0n) is 12.6. The zero-order chi connectivity index (χ0) is 15.3. The van der Waals surface area contributed by atoms with Gasteiger partial charge in [-0.15, -0.1) is 0 Å². The van der Waals surface area contributed by atoms with E-state index in [0.29, 0.717) is 23.5 Å². The van der Waals surface area contributed by atoms with Crippen LogP contribution in [0.25, 0.3) is 0 Å². The number of ether oxygens (including phenoxy) is 1. The van der Waals surface area contributed by atoms with Crippen molar-refractivity contribution in [2.24, 2.45) is 11.8 Å². The molecule has 2 N–H and O–H groups in total. The number of hydrogen-bond donors (Lipinski definition) is 2. The Hall–Kier alpha value is -2.16. The van der Waals surface area contributed by atoms with Crippen LogP contribution in [0.3, 0.4) is 0 Å². The Kier molecular flexibility index (Phi) is 3.03. The molecule has 4 rings (SSSR count). The molecule has 4 atom stereocenters. The Morgan fingerprint density at radius 3 is 2.45 bits per heavy atom. The first-order chi connectivity index (χ1) is 10.6. The van der Waals surface area contributed by atoms with Crippen LogP contribution in [0.1, 0.15) is 42.9 Å². The second-order valence-electron chi connectivity index (χ2n) is 6.70. The maximum atomic E-state index is 9.80.